The molecule has 1 N–H and O–H groups in total. The van der Waals surface area contributed by atoms with Crippen LogP contribution in [0.1, 0.15) is 18.5 Å². The summed E-state index contributed by atoms with van der Waals surface area (Å²) in [6.07, 6.45) is 0. The summed E-state index contributed by atoms with van der Waals surface area (Å²) in [7, 11) is 1.88. The number of rotatable bonds is 2. The molecule has 0 saturated carbocycles. The zero-order valence-corrected chi connectivity index (χ0v) is 8.26. The molecule has 68 valence electrons. The molecule has 0 spiro atoms. The van der Waals surface area contributed by atoms with Gasteiger partial charge in [0.25, 0.3) is 0 Å². The first-order chi connectivity index (χ1) is 5.24. The van der Waals surface area contributed by atoms with Gasteiger partial charge < -0.3 is 5.32 Å². The molecule has 3 heteroatoms. The van der Waals surface area contributed by atoms with E-state index in [9.17, 15) is 4.39 Å². The Hall–Kier alpha value is -0.540. The summed E-state index contributed by atoms with van der Waals surface area (Å²) < 4.78 is 12.4. The molecule has 1 aromatic rings. The van der Waals surface area contributed by atoms with Crippen LogP contribution in [0.3, 0.4) is 0 Å². The van der Waals surface area contributed by atoms with Crippen molar-refractivity contribution < 1.29 is 4.39 Å². The second-order valence-electron chi connectivity index (χ2n) is 2.56. The predicted octanol–water partition coefficient (Wildman–Crippen LogP) is 2.22. The molecule has 0 aromatic heterocycles. The van der Waals surface area contributed by atoms with Crippen LogP contribution in [-0.4, -0.2) is 7.05 Å². The number of hydrogen-bond acceptors (Lipinski definition) is 1. The highest BCUT2D eigenvalue weighted by molar-refractivity contribution is 7.59. The third kappa shape index (κ3) is 2.83. The monoisotopic (exact) mass is 187 g/mol. The summed E-state index contributed by atoms with van der Waals surface area (Å²) in [6, 6.07) is 6.81. The lowest BCUT2D eigenvalue weighted by Gasteiger charge is -2.09. The first-order valence-corrected chi connectivity index (χ1v) is 3.67. The number of benzene rings is 1. The van der Waals surface area contributed by atoms with Crippen LogP contribution < -0.4 is 5.32 Å². The van der Waals surface area contributed by atoms with Gasteiger partial charge in [0, 0.05) is 6.04 Å². The first-order valence-electron chi connectivity index (χ1n) is 3.67. The van der Waals surface area contributed by atoms with Gasteiger partial charge in [-0.1, -0.05) is 12.1 Å². The molecule has 0 amide bonds. The Morgan fingerprint density at radius 3 is 2.17 bits per heavy atom. The van der Waals surface area contributed by atoms with E-state index in [-0.39, 0.29) is 25.4 Å². The van der Waals surface area contributed by atoms with E-state index < -0.39 is 0 Å². The highest BCUT2D eigenvalue weighted by atomic mass is 32.1. The third-order valence-electron chi connectivity index (χ3n) is 1.80. The lowest BCUT2D eigenvalue weighted by atomic mass is 10.1. The smallest absolute Gasteiger partial charge is 0.123 e. The maximum absolute atomic E-state index is 12.4. The zero-order chi connectivity index (χ0) is 8.27. The fourth-order valence-electron chi connectivity index (χ4n) is 0.918. The highest BCUT2D eigenvalue weighted by Crippen LogP contribution is 2.11. The zero-order valence-electron chi connectivity index (χ0n) is 7.26. The van der Waals surface area contributed by atoms with E-state index in [4.69, 9.17) is 0 Å². The van der Waals surface area contributed by atoms with Crippen molar-refractivity contribution in [1.29, 1.82) is 0 Å². The van der Waals surface area contributed by atoms with Gasteiger partial charge in [-0.25, -0.2) is 4.39 Å². The number of hydrogen-bond donors (Lipinski definition) is 1. The molecule has 1 rings (SSSR count). The van der Waals surface area contributed by atoms with Gasteiger partial charge in [0.15, 0.2) is 0 Å². The van der Waals surface area contributed by atoms with Crippen molar-refractivity contribution in [2.75, 3.05) is 7.05 Å². The SMILES string of the molecule is CN[C@@H](C)c1ccc(F)cc1.S. The minimum absolute atomic E-state index is 0. The van der Waals surface area contributed by atoms with Gasteiger partial charge in [-0.15, -0.1) is 0 Å². The molecule has 0 bridgehead atoms. The maximum atomic E-state index is 12.4. The topological polar surface area (TPSA) is 12.0 Å². The van der Waals surface area contributed by atoms with Crippen LogP contribution in [0, 0.1) is 5.82 Å². The third-order valence-corrected chi connectivity index (χ3v) is 1.80. The van der Waals surface area contributed by atoms with Crippen molar-refractivity contribution in [3.8, 4) is 0 Å². The summed E-state index contributed by atoms with van der Waals surface area (Å²) in [5.41, 5.74) is 1.11. The Morgan fingerprint density at radius 1 is 1.25 bits per heavy atom. The van der Waals surface area contributed by atoms with Crippen LogP contribution in [0.2, 0.25) is 0 Å². The molecule has 12 heavy (non-hydrogen) atoms. The largest absolute Gasteiger partial charge is 0.313 e. The Bertz CT molecular complexity index is 222. The molecular weight excluding hydrogens is 173 g/mol. The van der Waals surface area contributed by atoms with E-state index >= 15 is 0 Å². The first kappa shape index (κ1) is 11.5. The second-order valence-corrected chi connectivity index (χ2v) is 2.56. The molecule has 0 fully saturated rings. The van der Waals surface area contributed by atoms with Crippen molar-refractivity contribution in [1.82, 2.24) is 5.32 Å². The summed E-state index contributed by atoms with van der Waals surface area (Å²) in [5, 5.41) is 3.08. The van der Waals surface area contributed by atoms with Gasteiger partial charge in [-0.3, -0.25) is 0 Å². The van der Waals surface area contributed by atoms with E-state index in [1.165, 1.54) is 12.1 Å². The van der Waals surface area contributed by atoms with Crippen LogP contribution in [0.5, 0.6) is 0 Å². The Morgan fingerprint density at radius 2 is 1.75 bits per heavy atom. The molecule has 1 aromatic carbocycles. The quantitative estimate of drug-likeness (QED) is 0.748. The molecule has 0 unspecified atom stereocenters. The van der Waals surface area contributed by atoms with Crippen molar-refractivity contribution in [2.24, 2.45) is 0 Å². The molecule has 0 aliphatic rings. The Balaban J connectivity index is 0.00000121. The summed E-state index contributed by atoms with van der Waals surface area (Å²) in [5.74, 6) is -0.183. The van der Waals surface area contributed by atoms with E-state index in [1.54, 1.807) is 12.1 Å². The number of halogens is 1. The van der Waals surface area contributed by atoms with Crippen LogP contribution >= 0.6 is 13.5 Å². The highest BCUT2D eigenvalue weighted by Gasteiger charge is 2.00. The van der Waals surface area contributed by atoms with E-state index in [0.717, 1.165) is 5.56 Å². The average Bonchev–Trinajstić information content (AvgIpc) is 2.05. The van der Waals surface area contributed by atoms with Gasteiger partial charge in [0.2, 0.25) is 0 Å². The Labute approximate surface area is 79.4 Å². The van der Waals surface area contributed by atoms with Crippen molar-refractivity contribution in [2.45, 2.75) is 13.0 Å². The van der Waals surface area contributed by atoms with Crippen LogP contribution in [0.25, 0.3) is 0 Å². The molecule has 1 nitrogen and oxygen atoms in total. The van der Waals surface area contributed by atoms with E-state index in [1.807, 2.05) is 14.0 Å². The summed E-state index contributed by atoms with van der Waals surface area (Å²) in [6.45, 7) is 2.03. The average molecular weight is 187 g/mol. The minimum Gasteiger partial charge on any atom is -0.313 e. The second kappa shape index (κ2) is 5.17. The van der Waals surface area contributed by atoms with E-state index in [0.29, 0.717) is 0 Å². The standard InChI is InChI=1S/C9H12FN.H2S/c1-7(11-2)8-3-5-9(10)6-4-8;/h3-7,11H,1-2H3;1H2/t7-;/m0./s1. The van der Waals surface area contributed by atoms with Gasteiger partial charge >= 0.3 is 0 Å². The fraction of sp³-hybridized carbons (Fsp3) is 0.333. The molecule has 0 heterocycles. The van der Waals surface area contributed by atoms with Crippen molar-refractivity contribution in [3.05, 3.63) is 35.6 Å². The predicted molar refractivity (Wildman–Crippen MR) is 54.3 cm³/mol. The van der Waals surface area contributed by atoms with Gasteiger partial charge in [-0.2, -0.15) is 13.5 Å². The van der Waals surface area contributed by atoms with Crippen molar-refractivity contribution in [3.63, 3.8) is 0 Å². The summed E-state index contributed by atoms with van der Waals surface area (Å²) >= 11 is 0. The molecule has 0 aliphatic carbocycles. The fourth-order valence-corrected chi connectivity index (χ4v) is 0.918. The van der Waals surface area contributed by atoms with Crippen LogP contribution in [0.15, 0.2) is 24.3 Å². The van der Waals surface area contributed by atoms with Gasteiger partial charge in [-0.05, 0) is 31.7 Å². The van der Waals surface area contributed by atoms with Gasteiger partial charge in [0.1, 0.15) is 5.82 Å². The van der Waals surface area contributed by atoms with Crippen LogP contribution in [0.4, 0.5) is 4.39 Å². The normalized spacial score (nSPS) is 11.9. The van der Waals surface area contributed by atoms with Crippen LogP contribution in [-0.2, 0) is 0 Å². The molecular formula is C9H14FNS. The molecule has 1 atom stereocenters. The van der Waals surface area contributed by atoms with Gasteiger partial charge in [0.05, 0.1) is 0 Å². The molecule has 0 aliphatic heterocycles. The van der Waals surface area contributed by atoms with Crippen molar-refractivity contribution >= 4 is 13.5 Å². The lowest BCUT2D eigenvalue weighted by Crippen LogP contribution is -2.11. The Kier molecular flexibility index (Phi) is 4.93. The molecule has 0 saturated heterocycles. The number of nitrogens with one attached hydrogen (secondary N) is 1. The van der Waals surface area contributed by atoms with E-state index in [2.05, 4.69) is 5.32 Å². The lowest BCUT2D eigenvalue weighted by molar-refractivity contribution is 0.619. The maximum Gasteiger partial charge on any atom is 0.123 e. The summed E-state index contributed by atoms with van der Waals surface area (Å²) in [4.78, 5) is 0. The molecule has 0 radical (unpaired) electrons. The minimum atomic E-state index is -0.183.